The van der Waals surface area contributed by atoms with Gasteiger partial charge in [-0.2, -0.15) is 0 Å². The summed E-state index contributed by atoms with van der Waals surface area (Å²) in [6.07, 6.45) is 2.92. The lowest BCUT2D eigenvalue weighted by Crippen LogP contribution is -2.43. The van der Waals surface area contributed by atoms with Crippen molar-refractivity contribution in [1.82, 2.24) is 9.80 Å². The van der Waals surface area contributed by atoms with Gasteiger partial charge in [-0.3, -0.25) is 9.59 Å². The van der Waals surface area contributed by atoms with Crippen LogP contribution in [0.4, 0.5) is 0 Å². The summed E-state index contributed by atoms with van der Waals surface area (Å²) in [7, 11) is 3.34. The van der Waals surface area contributed by atoms with Gasteiger partial charge in [-0.15, -0.1) is 0 Å². The van der Waals surface area contributed by atoms with Crippen molar-refractivity contribution in [3.63, 3.8) is 0 Å². The standard InChI is InChI=1S/C18H22N2O4/c1-19(2)16(21)11-6-8-12(9-7-11)17(22)20-10-13-4-3-5-14(13)15(20)18(23)24/h6-9,13-15H,3-5,10H2,1-2H3,(H,23,24). The van der Waals surface area contributed by atoms with Crippen LogP contribution >= 0.6 is 0 Å². The molecule has 128 valence electrons. The van der Waals surface area contributed by atoms with E-state index >= 15 is 0 Å². The lowest BCUT2D eigenvalue weighted by atomic mass is 9.94. The molecule has 2 aliphatic rings. The lowest BCUT2D eigenvalue weighted by Gasteiger charge is -2.24. The molecule has 3 rings (SSSR count). The number of likely N-dealkylation sites (tertiary alicyclic amines) is 1. The predicted octanol–water partition coefficient (Wildman–Crippen LogP) is 1.71. The van der Waals surface area contributed by atoms with Crippen LogP contribution in [0.15, 0.2) is 24.3 Å². The molecular weight excluding hydrogens is 308 g/mol. The van der Waals surface area contributed by atoms with Crippen molar-refractivity contribution in [1.29, 1.82) is 0 Å². The molecule has 6 nitrogen and oxygen atoms in total. The van der Waals surface area contributed by atoms with Crippen molar-refractivity contribution >= 4 is 17.8 Å². The van der Waals surface area contributed by atoms with Crippen LogP contribution in [0.2, 0.25) is 0 Å². The summed E-state index contributed by atoms with van der Waals surface area (Å²) in [6, 6.07) is 5.70. The topological polar surface area (TPSA) is 77.9 Å². The van der Waals surface area contributed by atoms with Gasteiger partial charge in [0.15, 0.2) is 0 Å². The molecule has 0 spiro atoms. The second-order valence-electron chi connectivity index (χ2n) is 6.87. The lowest BCUT2D eigenvalue weighted by molar-refractivity contribution is -0.142. The molecule has 24 heavy (non-hydrogen) atoms. The minimum absolute atomic E-state index is 0.0704. The average molecular weight is 330 g/mol. The summed E-state index contributed by atoms with van der Waals surface area (Å²) in [5.41, 5.74) is 0.932. The largest absolute Gasteiger partial charge is 0.480 e. The van der Waals surface area contributed by atoms with Crippen molar-refractivity contribution in [2.24, 2.45) is 11.8 Å². The molecule has 1 N–H and O–H groups in total. The second kappa shape index (κ2) is 6.26. The van der Waals surface area contributed by atoms with Gasteiger partial charge in [-0.1, -0.05) is 6.42 Å². The number of benzene rings is 1. The van der Waals surface area contributed by atoms with E-state index in [0.29, 0.717) is 23.6 Å². The van der Waals surface area contributed by atoms with Crippen LogP contribution in [0.1, 0.15) is 40.0 Å². The summed E-state index contributed by atoms with van der Waals surface area (Å²) in [5.74, 6) is -0.948. The quantitative estimate of drug-likeness (QED) is 0.915. The highest BCUT2D eigenvalue weighted by molar-refractivity contribution is 5.99. The van der Waals surface area contributed by atoms with Gasteiger partial charge >= 0.3 is 5.97 Å². The normalized spacial score (nSPS) is 25.4. The van der Waals surface area contributed by atoms with Crippen LogP contribution < -0.4 is 0 Å². The van der Waals surface area contributed by atoms with Crippen LogP contribution in [-0.2, 0) is 4.79 Å². The van der Waals surface area contributed by atoms with Crippen LogP contribution in [-0.4, -0.2) is 59.4 Å². The number of rotatable bonds is 3. The van der Waals surface area contributed by atoms with Gasteiger partial charge in [-0.25, -0.2) is 4.79 Å². The minimum atomic E-state index is -0.919. The van der Waals surface area contributed by atoms with Crippen LogP contribution in [0, 0.1) is 11.8 Å². The Morgan fingerprint density at radius 3 is 2.29 bits per heavy atom. The van der Waals surface area contributed by atoms with Gasteiger partial charge in [0, 0.05) is 31.8 Å². The average Bonchev–Trinajstić information content (AvgIpc) is 3.13. The van der Waals surface area contributed by atoms with E-state index in [9.17, 15) is 19.5 Å². The first-order chi connectivity index (χ1) is 11.4. The number of carbonyl (C=O) groups is 3. The summed E-state index contributed by atoms with van der Waals surface area (Å²) in [5, 5.41) is 9.56. The van der Waals surface area contributed by atoms with E-state index in [-0.39, 0.29) is 17.7 Å². The van der Waals surface area contributed by atoms with E-state index < -0.39 is 12.0 Å². The monoisotopic (exact) mass is 330 g/mol. The molecule has 0 aromatic heterocycles. The number of nitrogens with zero attached hydrogens (tertiary/aromatic N) is 2. The molecule has 1 aromatic rings. The summed E-state index contributed by atoms with van der Waals surface area (Å²) in [6.45, 7) is 0.513. The third kappa shape index (κ3) is 2.77. The van der Waals surface area contributed by atoms with Gasteiger partial charge in [-0.05, 0) is 48.9 Å². The second-order valence-corrected chi connectivity index (χ2v) is 6.87. The Hall–Kier alpha value is -2.37. The number of carbonyl (C=O) groups excluding carboxylic acids is 2. The Labute approximate surface area is 141 Å². The first-order valence-electron chi connectivity index (χ1n) is 8.25. The van der Waals surface area contributed by atoms with E-state index in [2.05, 4.69) is 0 Å². The third-order valence-electron chi connectivity index (χ3n) is 5.19. The van der Waals surface area contributed by atoms with Crippen molar-refractivity contribution in [2.45, 2.75) is 25.3 Å². The van der Waals surface area contributed by atoms with Crippen LogP contribution in [0.3, 0.4) is 0 Å². The number of hydrogen-bond acceptors (Lipinski definition) is 3. The van der Waals surface area contributed by atoms with Crippen molar-refractivity contribution in [3.8, 4) is 0 Å². The first-order valence-corrected chi connectivity index (χ1v) is 8.25. The molecule has 0 radical (unpaired) electrons. The highest BCUT2D eigenvalue weighted by atomic mass is 16.4. The smallest absolute Gasteiger partial charge is 0.326 e. The summed E-state index contributed by atoms with van der Waals surface area (Å²) < 4.78 is 0. The van der Waals surface area contributed by atoms with E-state index in [0.717, 1.165) is 19.3 Å². The Balaban J connectivity index is 1.81. The molecule has 1 heterocycles. The van der Waals surface area contributed by atoms with Gasteiger partial charge in [0.25, 0.3) is 11.8 Å². The SMILES string of the molecule is CN(C)C(=O)c1ccc(C(=O)N2CC3CCCC3C2C(=O)O)cc1. The molecule has 1 aliphatic carbocycles. The van der Waals surface area contributed by atoms with Crippen molar-refractivity contribution < 1.29 is 19.5 Å². The molecule has 1 saturated heterocycles. The van der Waals surface area contributed by atoms with Gasteiger partial charge < -0.3 is 14.9 Å². The van der Waals surface area contributed by atoms with Gasteiger partial charge in [0.1, 0.15) is 6.04 Å². The summed E-state index contributed by atoms with van der Waals surface area (Å²) >= 11 is 0. The van der Waals surface area contributed by atoms with E-state index in [1.807, 2.05) is 0 Å². The zero-order valence-corrected chi connectivity index (χ0v) is 13.9. The molecule has 6 heteroatoms. The molecule has 2 amide bonds. The number of carboxylic acids is 1. The molecule has 2 fully saturated rings. The Bertz CT molecular complexity index is 668. The van der Waals surface area contributed by atoms with E-state index in [1.54, 1.807) is 38.4 Å². The van der Waals surface area contributed by atoms with E-state index in [1.165, 1.54) is 9.80 Å². The van der Waals surface area contributed by atoms with Crippen LogP contribution in [0.5, 0.6) is 0 Å². The molecule has 1 saturated carbocycles. The Kier molecular flexibility index (Phi) is 4.30. The first kappa shape index (κ1) is 16.5. The van der Waals surface area contributed by atoms with Gasteiger partial charge in [0.05, 0.1) is 0 Å². The Morgan fingerprint density at radius 2 is 1.71 bits per heavy atom. The number of amides is 2. The zero-order valence-electron chi connectivity index (χ0n) is 13.9. The fraction of sp³-hybridized carbons (Fsp3) is 0.500. The van der Waals surface area contributed by atoms with E-state index in [4.69, 9.17) is 0 Å². The van der Waals surface area contributed by atoms with Gasteiger partial charge in [0.2, 0.25) is 0 Å². The fourth-order valence-corrected chi connectivity index (χ4v) is 4.01. The number of hydrogen-bond donors (Lipinski definition) is 1. The molecular formula is C18H22N2O4. The maximum absolute atomic E-state index is 12.8. The van der Waals surface area contributed by atoms with Crippen molar-refractivity contribution in [3.05, 3.63) is 35.4 Å². The van der Waals surface area contributed by atoms with Crippen molar-refractivity contribution in [2.75, 3.05) is 20.6 Å². The molecule has 3 atom stereocenters. The molecule has 1 aromatic carbocycles. The molecule has 1 aliphatic heterocycles. The highest BCUT2D eigenvalue weighted by Gasteiger charge is 2.49. The summed E-state index contributed by atoms with van der Waals surface area (Å²) in [4.78, 5) is 39.3. The minimum Gasteiger partial charge on any atom is -0.480 e. The fourth-order valence-electron chi connectivity index (χ4n) is 4.01. The number of carboxylic acid groups (broad SMARTS) is 1. The molecule has 0 bridgehead atoms. The maximum atomic E-state index is 12.8. The molecule has 3 unspecified atom stereocenters. The third-order valence-corrected chi connectivity index (χ3v) is 5.19. The number of aliphatic carboxylic acids is 1. The Morgan fingerprint density at radius 1 is 1.08 bits per heavy atom. The highest BCUT2D eigenvalue weighted by Crippen LogP contribution is 2.42. The predicted molar refractivity (Wildman–Crippen MR) is 87.8 cm³/mol. The zero-order chi connectivity index (χ0) is 17.4. The number of fused-ring (bicyclic) bond motifs is 1. The van der Waals surface area contributed by atoms with Crippen LogP contribution in [0.25, 0.3) is 0 Å². The maximum Gasteiger partial charge on any atom is 0.326 e.